The van der Waals surface area contributed by atoms with Crippen LogP contribution in [0.2, 0.25) is 0 Å². The summed E-state index contributed by atoms with van der Waals surface area (Å²) in [5, 5.41) is 35.8. The van der Waals surface area contributed by atoms with Crippen LogP contribution in [0, 0.1) is 16.0 Å². The number of alkyl halides is 3. The molecule has 5 atom stereocenters. The Kier molecular flexibility index (Phi) is 6.46. The number of carbonyl (C=O) groups is 1. The minimum Gasteiger partial charge on any atom is -0.504 e. The molecule has 2 bridgehead atoms. The number of phenolic OH excluding ortho intramolecular Hbond substituents is 1. The van der Waals surface area contributed by atoms with Crippen molar-refractivity contribution in [2.24, 2.45) is 5.92 Å². The molecule has 5 aliphatic rings. The number of benzene rings is 2. The topological polar surface area (TPSA) is 126 Å². The molecule has 0 radical (unpaired) electrons. The Hall–Kier alpha value is -3.84. The maximum atomic E-state index is 13.5. The third-order valence-corrected chi connectivity index (χ3v) is 10.4. The van der Waals surface area contributed by atoms with E-state index >= 15 is 0 Å². The van der Waals surface area contributed by atoms with Crippen LogP contribution in [0.1, 0.15) is 48.8 Å². The van der Waals surface area contributed by atoms with Gasteiger partial charge in [-0.3, -0.25) is 19.8 Å². The summed E-state index contributed by atoms with van der Waals surface area (Å²) in [4.78, 5) is 28.9. The van der Waals surface area contributed by atoms with Gasteiger partial charge in [0.15, 0.2) is 11.5 Å². The van der Waals surface area contributed by atoms with E-state index in [1.165, 1.54) is 35.3 Å². The zero-order chi connectivity index (χ0) is 31.2. The third kappa shape index (κ3) is 4.34. The fourth-order valence-electron chi connectivity index (χ4n) is 8.35. The standard InChI is InChI=1S/C31H32F3N3O7/c1-35(25(39)8-7-17-3-2-4-19(13-17)44-31(32,33)34)21-9-10-30(40)24-14-20-22(37(41)42)15-23(38)27-26(20)29(30,28(21)43-27)11-12-36(24)16-18-5-6-18/h2-4,7-8,13,15,18,21,24,28,38,40H,5-6,9-12,14,16H2,1H3/b8-7+/t21?,24-,28?,29+,30-/m1/s1. The molecule has 234 valence electrons. The molecule has 1 saturated heterocycles. The van der Waals surface area contributed by atoms with Crippen molar-refractivity contribution in [2.45, 2.75) is 74.1 Å². The molecule has 1 amide bonds. The number of amides is 1. The summed E-state index contributed by atoms with van der Waals surface area (Å²) < 4.78 is 48.4. The van der Waals surface area contributed by atoms with Crippen LogP contribution < -0.4 is 9.47 Å². The summed E-state index contributed by atoms with van der Waals surface area (Å²) in [6.45, 7) is 1.46. The van der Waals surface area contributed by atoms with Gasteiger partial charge in [0.2, 0.25) is 5.91 Å². The van der Waals surface area contributed by atoms with Crippen molar-refractivity contribution in [2.75, 3.05) is 20.1 Å². The SMILES string of the molecule is CN(C(=O)/C=C/c1cccc(OC(F)(F)F)c1)C1CC[C@@]2(O)[C@H]3Cc4c([N+](=O)[O-])cc(O)c5c4[C@@]2(CCN3CC2CC2)C1O5. The number of likely N-dealkylation sites (tertiary alicyclic amines) is 1. The number of halogens is 3. The fourth-order valence-corrected chi connectivity index (χ4v) is 8.35. The third-order valence-electron chi connectivity index (χ3n) is 10.4. The van der Waals surface area contributed by atoms with E-state index in [1.54, 1.807) is 7.05 Å². The molecule has 13 heteroatoms. The second-order valence-corrected chi connectivity index (χ2v) is 12.7. The van der Waals surface area contributed by atoms with Crippen molar-refractivity contribution in [3.8, 4) is 17.2 Å². The highest BCUT2D eigenvalue weighted by atomic mass is 19.4. The molecular weight excluding hydrogens is 583 g/mol. The van der Waals surface area contributed by atoms with Crippen molar-refractivity contribution in [3.05, 3.63) is 63.2 Å². The molecule has 7 rings (SSSR count). The molecule has 2 N–H and O–H groups in total. The number of carbonyl (C=O) groups excluding carboxylic acids is 1. The van der Waals surface area contributed by atoms with Gasteiger partial charge in [0, 0.05) is 36.8 Å². The van der Waals surface area contributed by atoms with Gasteiger partial charge >= 0.3 is 6.36 Å². The molecule has 10 nitrogen and oxygen atoms in total. The highest BCUT2D eigenvalue weighted by Crippen LogP contribution is 2.67. The van der Waals surface area contributed by atoms with Crippen LogP contribution in [0.3, 0.4) is 0 Å². The average molecular weight is 616 g/mol. The summed E-state index contributed by atoms with van der Waals surface area (Å²) in [5.74, 6) is -0.537. The first-order valence-electron chi connectivity index (χ1n) is 14.8. The Morgan fingerprint density at radius 3 is 2.75 bits per heavy atom. The molecule has 44 heavy (non-hydrogen) atoms. The van der Waals surface area contributed by atoms with E-state index in [2.05, 4.69) is 9.64 Å². The van der Waals surface area contributed by atoms with Crippen molar-refractivity contribution >= 4 is 17.7 Å². The Morgan fingerprint density at radius 2 is 2.05 bits per heavy atom. The minimum atomic E-state index is -4.85. The van der Waals surface area contributed by atoms with Crippen molar-refractivity contribution in [3.63, 3.8) is 0 Å². The Bertz CT molecular complexity index is 1580. The first-order chi connectivity index (χ1) is 20.8. The predicted molar refractivity (Wildman–Crippen MR) is 150 cm³/mol. The fraction of sp³-hybridized carbons (Fsp3) is 0.516. The number of rotatable bonds is 7. The second-order valence-electron chi connectivity index (χ2n) is 12.7. The van der Waals surface area contributed by atoms with Crippen LogP contribution in [0.25, 0.3) is 6.08 Å². The van der Waals surface area contributed by atoms with Gasteiger partial charge in [0.05, 0.1) is 28.0 Å². The molecule has 2 aromatic rings. The molecule has 3 aliphatic carbocycles. The smallest absolute Gasteiger partial charge is 0.504 e. The number of phenols is 1. The van der Waals surface area contributed by atoms with E-state index in [-0.39, 0.29) is 29.6 Å². The molecule has 2 unspecified atom stereocenters. The summed E-state index contributed by atoms with van der Waals surface area (Å²) in [7, 11) is 1.60. The molecule has 2 aliphatic heterocycles. The summed E-state index contributed by atoms with van der Waals surface area (Å²) >= 11 is 0. The number of hydrogen-bond acceptors (Lipinski definition) is 8. The van der Waals surface area contributed by atoms with Gasteiger partial charge in [0.1, 0.15) is 11.9 Å². The van der Waals surface area contributed by atoms with Crippen LogP contribution in [-0.4, -0.2) is 81.1 Å². The predicted octanol–water partition coefficient (Wildman–Crippen LogP) is 4.30. The number of ether oxygens (including phenoxy) is 2. The van der Waals surface area contributed by atoms with E-state index in [0.717, 1.165) is 31.5 Å². The molecule has 2 heterocycles. The lowest BCUT2D eigenvalue weighted by molar-refractivity contribution is -0.386. The molecule has 3 fully saturated rings. The summed E-state index contributed by atoms with van der Waals surface area (Å²) in [5.41, 5.74) is -1.28. The van der Waals surface area contributed by atoms with E-state index < -0.39 is 46.1 Å². The zero-order valence-corrected chi connectivity index (χ0v) is 23.9. The number of piperidine rings is 1. The first-order valence-corrected chi connectivity index (χ1v) is 14.8. The lowest BCUT2D eigenvalue weighted by atomic mass is 9.48. The van der Waals surface area contributed by atoms with E-state index in [1.807, 2.05) is 0 Å². The molecule has 0 aromatic heterocycles. The number of nitrogens with zero attached hydrogens (tertiary/aromatic N) is 3. The van der Waals surface area contributed by atoms with Gasteiger partial charge in [-0.2, -0.15) is 0 Å². The number of nitro groups is 1. The molecular formula is C31H32F3N3O7. The van der Waals surface area contributed by atoms with Crippen molar-refractivity contribution < 1.29 is 42.6 Å². The first kappa shape index (κ1) is 28.9. The number of nitro benzene ring substituents is 1. The monoisotopic (exact) mass is 615 g/mol. The lowest BCUT2D eigenvalue weighted by Gasteiger charge is -2.64. The zero-order valence-electron chi connectivity index (χ0n) is 23.9. The Morgan fingerprint density at radius 1 is 1.27 bits per heavy atom. The quantitative estimate of drug-likeness (QED) is 0.268. The van der Waals surface area contributed by atoms with Gasteiger partial charge in [-0.05, 0) is 74.8 Å². The van der Waals surface area contributed by atoms with Crippen LogP contribution in [0.4, 0.5) is 18.9 Å². The molecule has 1 spiro atoms. The second kappa shape index (κ2) is 9.83. The highest BCUT2D eigenvalue weighted by Gasteiger charge is 2.74. The van der Waals surface area contributed by atoms with Gasteiger partial charge in [0.25, 0.3) is 5.69 Å². The number of aliphatic hydroxyl groups is 1. The largest absolute Gasteiger partial charge is 0.573 e. The summed E-state index contributed by atoms with van der Waals surface area (Å²) in [6, 6.07) is 5.45. The van der Waals surface area contributed by atoms with Crippen LogP contribution >= 0.6 is 0 Å². The van der Waals surface area contributed by atoms with E-state index in [4.69, 9.17) is 4.74 Å². The van der Waals surface area contributed by atoms with Gasteiger partial charge < -0.3 is 24.6 Å². The van der Waals surface area contributed by atoms with Crippen LogP contribution in [0.5, 0.6) is 17.2 Å². The average Bonchev–Trinajstić information content (AvgIpc) is 3.70. The number of likely N-dealkylation sites (N-methyl/N-ethyl adjacent to an activating group) is 1. The molecule has 2 saturated carbocycles. The van der Waals surface area contributed by atoms with E-state index in [0.29, 0.717) is 48.4 Å². The van der Waals surface area contributed by atoms with Gasteiger partial charge in [-0.15, -0.1) is 13.2 Å². The number of hydrogen-bond donors (Lipinski definition) is 2. The lowest BCUT2D eigenvalue weighted by Crippen LogP contribution is -2.78. The van der Waals surface area contributed by atoms with Crippen LogP contribution in [0.15, 0.2) is 36.4 Å². The van der Waals surface area contributed by atoms with Gasteiger partial charge in [-0.25, -0.2) is 0 Å². The maximum absolute atomic E-state index is 13.5. The van der Waals surface area contributed by atoms with Gasteiger partial charge in [-0.1, -0.05) is 12.1 Å². The van der Waals surface area contributed by atoms with Crippen molar-refractivity contribution in [1.29, 1.82) is 0 Å². The van der Waals surface area contributed by atoms with E-state index in [9.17, 15) is 38.3 Å². The maximum Gasteiger partial charge on any atom is 0.573 e. The normalized spacial score (nSPS) is 30.5. The van der Waals surface area contributed by atoms with Crippen LogP contribution in [-0.2, 0) is 16.6 Å². The Balaban J connectivity index is 1.23. The Labute approximate surface area is 250 Å². The number of aromatic hydroxyl groups is 1. The highest BCUT2D eigenvalue weighted by molar-refractivity contribution is 5.92. The van der Waals surface area contributed by atoms with Crippen molar-refractivity contribution in [1.82, 2.24) is 9.80 Å². The summed E-state index contributed by atoms with van der Waals surface area (Å²) in [6.07, 6.45) is 0.674. The molecule has 2 aromatic carbocycles. The minimum absolute atomic E-state index is 0.132.